The quantitative estimate of drug-likeness (QED) is 0.840. The first-order chi connectivity index (χ1) is 11.4. The number of para-hydroxylation sites is 1. The van der Waals surface area contributed by atoms with Crippen molar-refractivity contribution in [1.82, 2.24) is 19.9 Å². The number of hydrogen-bond donors (Lipinski definition) is 0. The van der Waals surface area contributed by atoms with Crippen LogP contribution in [0.15, 0.2) is 34.9 Å². The van der Waals surface area contributed by atoms with Gasteiger partial charge in [0.15, 0.2) is 5.82 Å². The molecule has 0 aliphatic carbocycles. The van der Waals surface area contributed by atoms with Crippen LogP contribution in [0.4, 0.5) is 0 Å². The van der Waals surface area contributed by atoms with Crippen LogP contribution in [-0.4, -0.2) is 58.8 Å². The largest absolute Gasteiger partial charge is 0.487 e. The van der Waals surface area contributed by atoms with Gasteiger partial charge < -0.3 is 9.26 Å². The van der Waals surface area contributed by atoms with E-state index in [0.717, 1.165) is 31.9 Å². The summed E-state index contributed by atoms with van der Waals surface area (Å²) in [5.74, 6) is 2.28. The van der Waals surface area contributed by atoms with Crippen molar-refractivity contribution in [3.8, 4) is 5.75 Å². The standard InChI is InChI=1S/C18H26N4O2/c1-14-19-17(24-20-14)16-12-22(11-10-21(16)4)13-18(2,3)23-15-8-6-5-7-9-15/h5-9,16H,10-13H2,1-4H3. The molecule has 6 heteroatoms. The van der Waals surface area contributed by atoms with Crippen LogP contribution in [0.5, 0.6) is 5.75 Å². The Hall–Kier alpha value is -1.92. The summed E-state index contributed by atoms with van der Waals surface area (Å²) in [5.41, 5.74) is -0.271. The Labute approximate surface area is 143 Å². The Bertz CT molecular complexity index is 656. The van der Waals surface area contributed by atoms with Gasteiger partial charge in [0.2, 0.25) is 5.89 Å². The second-order valence-electron chi connectivity index (χ2n) is 7.09. The van der Waals surface area contributed by atoms with Crippen LogP contribution < -0.4 is 4.74 Å². The molecule has 0 radical (unpaired) electrons. The van der Waals surface area contributed by atoms with Crippen LogP contribution in [0.2, 0.25) is 0 Å². The van der Waals surface area contributed by atoms with Crippen LogP contribution in [0.25, 0.3) is 0 Å². The van der Waals surface area contributed by atoms with Crippen molar-refractivity contribution in [3.63, 3.8) is 0 Å². The molecule has 1 aliphatic rings. The van der Waals surface area contributed by atoms with Gasteiger partial charge in [0.25, 0.3) is 0 Å². The van der Waals surface area contributed by atoms with E-state index in [2.05, 4.69) is 40.8 Å². The molecular formula is C18H26N4O2. The minimum Gasteiger partial charge on any atom is -0.487 e. The third kappa shape index (κ3) is 4.13. The minimum atomic E-state index is -0.271. The molecule has 3 rings (SSSR count). The van der Waals surface area contributed by atoms with Crippen LogP contribution in [0, 0.1) is 6.92 Å². The molecule has 2 aromatic rings. The lowest BCUT2D eigenvalue weighted by Gasteiger charge is -2.41. The number of rotatable bonds is 5. The van der Waals surface area contributed by atoms with Crippen LogP contribution in [0.3, 0.4) is 0 Å². The number of aryl methyl sites for hydroxylation is 1. The molecule has 1 fully saturated rings. The first-order valence-corrected chi connectivity index (χ1v) is 8.40. The summed E-state index contributed by atoms with van der Waals surface area (Å²) in [6, 6.07) is 10.1. The molecule has 0 spiro atoms. The van der Waals surface area contributed by atoms with Gasteiger partial charge in [-0.2, -0.15) is 4.98 Å². The predicted octanol–water partition coefficient (Wildman–Crippen LogP) is 2.52. The first-order valence-electron chi connectivity index (χ1n) is 8.40. The van der Waals surface area contributed by atoms with Crippen molar-refractivity contribution in [2.45, 2.75) is 32.4 Å². The van der Waals surface area contributed by atoms with Gasteiger partial charge in [0.1, 0.15) is 17.4 Å². The van der Waals surface area contributed by atoms with Gasteiger partial charge >= 0.3 is 0 Å². The van der Waals surface area contributed by atoms with E-state index in [0.29, 0.717) is 11.7 Å². The Morgan fingerprint density at radius 2 is 2.00 bits per heavy atom. The van der Waals surface area contributed by atoms with E-state index in [4.69, 9.17) is 9.26 Å². The molecule has 6 nitrogen and oxygen atoms in total. The number of aromatic nitrogens is 2. The predicted molar refractivity (Wildman–Crippen MR) is 92.0 cm³/mol. The van der Waals surface area contributed by atoms with E-state index < -0.39 is 0 Å². The monoisotopic (exact) mass is 330 g/mol. The molecule has 0 N–H and O–H groups in total. The van der Waals surface area contributed by atoms with E-state index in [1.165, 1.54) is 0 Å². The minimum absolute atomic E-state index is 0.132. The number of benzene rings is 1. The molecule has 1 aromatic heterocycles. The van der Waals surface area contributed by atoms with Crippen molar-refractivity contribution in [1.29, 1.82) is 0 Å². The maximum absolute atomic E-state index is 6.17. The normalized spacial score (nSPS) is 20.2. The van der Waals surface area contributed by atoms with Crippen molar-refractivity contribution in [2.24, 2.45) is 0 Å². The average Bonchev–Trinajstić information content (AvgIpc) is 2.96. The maximum atomic E-state index is 6.17. The third-order valence-electron chi connectivity index (χ3n) is 4.30. The highest BCUT2D eigenvalue weighted by Gasteiger charge is 2.33. The van der Waals surface area contributed by atoms with Gasteiger partial charge in [-0.15, -0.1) is 0 Å². The van der Waals surface area contributed by atoms with Crippen LogP contribution >= 0.6 is 0 Å². The van der Waals surface area contributed by atoms with Gasteiger partial charge in [-0.05, 0) is 40.0 Å². The summed E-state index contributed by atoms with van der Waals surface area (Å²) in [6.07, 6.45) is 0. The molecule has 1 unspecified atom stereocenters. The summed E-state index contributed by atoms with van der Waals surface area (Å²) in [6.45, 7) is 9.78. The van der Waals surface area contributed by atoms with E-state index in [-0.39, 0.29) is 11.6 Å². The molecule has 1 aliphatic heterocycles. The second-order valence-corrected chi connectivity index (χ2v) is 7.09. The fourth-order valence-corrected chi connectivity index (χ4v) is 3.17. The first kappa shape index (κ1) is 16.9. The fourth-order valence-electron chi connectivity index (χ4n) is 3.17. The highest BCUT2D eigenvalue weighted by atomic mass is 16.5. The lowest BCUT2D eigenvalue weighted by Crippen LogP contribution is -2.52. The van der Waals surface area contributed by atoms with E-state index in [9.17, 15) is 0 Å². The molecular weight excluding hydrogens is 304 g/mol. The van der Waals surface area contributed by atoms with E-state index >= 15 is 0 Å². The summed E-state index contributed by atoms with van der Waals surface area (Å²) in [4.78, 5) is 9.09. The number of hydrogen-bond acceptors (Lipinski definition) is 6. The van der Waals surface area contributed by atoms with Gasteiger partial charge in [0.05, 0.1) is 0 Å². The molecule has 0 bridgehead atoms. The lowest BCUT2D eigenvalue weighted by atomic mass is 10.1. The molecule has 1 aromatic carbocycles. The van der Waals surface area contributed by atoms with Gasteiger partial charge in [-0.1, -0.05) is 23.4 Å². The van der Waals surface area contributed by atoms with Crippen molar-refractivity contribution < 1.29 is 9.26 Å². The van der Waals surface area contributed by atoms with Gasteiger partial charge in [0, 0.05) is 26.2 Å². The molecule has 130 valence electrons. The molecule has 1 saturated heterocycles. The Balaban J connectivity index is 1.64. The van der Waals surface area contributed by atoms with E-state index in [1.54, 1.807) is 0 Å². The topological polar surface area (TPSA) is 54.6 Å². The Morgan fingerprint density at radius 1 is 1.25 bits per heavy atom. The molecule has 0 amide bonds. The average molecular weight is 330 g/mol. The number of nitrogens with zero attached hydrogens (tertiary/aromatic N) is 4. The van der Waals surface area contributed by atoms with Crippen molar-refractivity contribution in [3.05, 3.63) is 42.0 Å². The molecule has 2 heterocycles. The maximum Gasteiger partial charge on any atom is 0.245 e. The van der Waals surface area contributed by atoms with Crippen molar-refractivity contribution >= 4 is 0 Å². The highest BCUT2D eigenvalue weighted by molar-refractivity contribution is 5.21. The van der Waals surface area contributed by atoms with E-state index in [1.807, 2.05) is 37.3 Å². The van der Waals surface area contributed by atoms with Crippen LogP contribution in [0.1, 0.15) is 31.6 Å². The highest BCUT2D eigenvalue weighted by Crippen LogP contribution is 2.25. The number of piperazine rings is 1. The zero-order chi connectivity index (χ0) is 17.2. The second kappa shape index (κ2) is 6.91. The number of likely N-dealkylation sites (N-methyl/N-ethyl adjacent to an activating group) is 1. The van der Waals surface area contributed by atoms with Crippen LogP contribution in [-0.2, 0) is 0 Å². The summed E-state index contributed by atoms with van der Waals surface area (Å²) in [7, 11) is 2.10. The van der Waals surface area contributed by atoms with Crippen molar-refractivity contribution in [2.75, 3.05) is 33.2 Å². The number of ether oxygens (including phenoxy) is 1. The summed E-state index contributed by atoms with van der Waals surface area (Å²) in [5, 5.41) is 3.93. The van der Waals surface area contributed by atoms with Gasteiger partial charge in [-0.3, -0.25) is 9.80 Å². The Morgan fingerprint density at radius 3 is 2.67 bits per heavy atom. The third-order valence-corrected chi connectivity index (χ3v) is 4.30. The molecule has 1 atom stereocenters. The molecule has 0 saturated carbocycles. The summed E-state index contributed by atoms with van der Waals surface area (Å²) >= 11 is 0. The Kier molecular flexibility index (Phi) is 4.87. The zero-order valence-corrected chi connectivity index (χ0v) is 14.9. The smallest absolute Gasteiger partial charge is 0.245 e. The zero-order valence-electron chi connectivity index (χ0n) is 14.9. The fraction of sp³-hybridized carbons (Fsp3) is 0.556. The SMILES string of the molecule is Cc1noc(C2CN(CC(C)(C)Oc3ccccc3)CCN2C)n1. The lowest BCUT2D eigenvalue weighted by molar-refractivity contribution is 0.0146. The summed E-state index contributed by atoms with van der Waals surface area (Å²) < 4.78 is 11.6. The van der Waals surface area contributed by atoms with Gasteiger partial charge in [-0.25, -0.2) is 0 Å². The molecule has 24 heavy (non-hydrogen) atoms.